The van der Waals surface area contributed by atoms with Crippen LogP contribution in [0.15, 0.2) is 18.3 Å². The Kier molecular flexibility index (Phi) is 3.70. The Labute approximate surface area is 156 Å². The zero-order valence-electron chi connectivity index (χ0n) is 15.0. The average molecular weight is 369 g/mol. The molecule has 5 rings (SSSR count). The largest absolute Gasteiger partial charge is 0.465 e. The molecule has 2 aliphatic carbocycles. The third-order valence-electron chi connectivity index (χ3n) is 6.01. The van der Waals surface area contributed by atoms with Gasteiger partial charge >= 0.3 is 6.09 Å². The van der Waals surface area contributed by atoms with Gasteiger partial charge in [-0.1, -0.05) is 0 Å². The van der Waals surface area contributed by atoms with Crippen molar-refractivity contribution in [1.29, 1.82) is 0 Å². The highest BCUT2D eigenvalue weighted by atomic mass is 16.4. The highest BCUT2D eigenvalue weighted by Gasteiger charge is 2.50. The molecule has 1 amide bonds. The fourth-order valence-electron chi connectivity index (χ4n) is 4.48. The van der Waals surface area contributed by atoms with Crippen LogP contribution in [0.25, 0.3) is 0 Å². The predicted molar refractivity (Wildman–Crippen MR) is 99.3 cm³/mol. The summed E-state index contributed by atoms with van der Waals surface area (Å²) in [4.78, 5) is 22.2. The summed E-state index contributed by atoms with van der Waals surface area (Å²) >= 11 is 0. The van der Waals surface area contributed by atoms with Crippen molar-refractivity contribution in [3.05, 3.63) is 24.0 Å². The minimum atomic E-state index is -0.960. The maximum Gasteiger partial charge on any atom is 0.404 e. The lowest BCUT2D eigenvalue weighted by Crippen LogP contribution is -2.42. The molecule has 1 saturated heterocycles. The predicted octanol–water partition coefficient (Wildman–Crippen LogP) is 2.45. The summed E-state index contributed by atoms with van der Waals surface area (Å²) in [5.41, 5.74) is 1.17. The van der Waals surface area contributed by atoms with Crippen molar-refractivity contribution in [3.63, 3.8) is 0 Å². The number of nitrogens with zero attached hydrogens (tertiary/aromatic N) is 4. The summed E-state index contributed by atoms with van der Waals surface area (Å²) < 4.78 is 0. The molecule has 9 heteroatoms. The smallest absolute Gasteiger partial charge is 0.404 e. The standard InChI is InChI=1S/C18H23N7O2/c26-17(27)20-9-18-5-3-12(8-18)25(10-18)16-19-6-4-14(22-16)21-15-7-13(23-24-15)11-1-2-11/h4,6-7,11-12,20H,1-3,5,8-10H2,(H,26,27)(H2,19,21,22,23,24). The number of nitrogens with one attached hydrogen (secondary N) is 3. The maximum absolute atomic E-state index is 10.9. The average Bonchev–Trinajstić information content (AvgIpc) is 3.12. The number of carbonyl (C=O) groups is 1. The number of carboxylic acid groups (broad SMARTS) is 1. The van der Waals surface area contributed by atoms with Crippen LogP contribution >= 0.6 is 0 Å². The minimum Gasteiger partial charge on any atom is -0.465 e. The van der Waals surface area contributed by atoms with Crippen LogP contribution in [-0.2, 0) is 0 Å². The monoisotopic (exact) mass is 369 g/mol. The molecule has 2 unspecified atom stereocenters. The van der Waals surface area contributed by atoms with Crippen LogP contribution < -0.4 is 15.5 Å². The van der Waals surface area contributed by atoms with Crippen LogP contribution in [0, 0.1) is 5.41 Å². The topological polar surface area (TPSA) is 119 Å². The van der Waals surface area contributed by atoms with E-state index in [9.17, 15) is 4.79 Å². The molecule has 3 heterocycles. The SMILES string of the molecule is O=C(O)NCC12CCC(C1)N(c1nccc(Nc3cc(C4CC4)[nH]n3)n1)C2. The number of hydrogen-bond acceptors (Lipinski definition) is 6. The molecule has 4 N–H and O–H groups in total. The van der Waals surface area contributed by atoms with E-state index in [2.05, 4.69) is 35.7 Å². The van der Waals surface area contributed by atoms with Crippen LogP contribution in [0.5, 0.6) is 0 Å². The van der Waals surface area contributed by atoms with Gasteiger partial charge in [0.25, 0.3) is 0 Å². The summed E-state index contributed by atoms with van der Waals surface area (Å²) in [5.74, 6) is 2.81. The van der Waals surface area contributed by atoms with Crippen LogP contribution in [0.2, 0.25) is 0 Å². The van der Waals surface area contributed by atoms with E-state index in [-0.39, 0.29) is 5.41 Å². The molecular weight excluding hydrogens is 346 g/mol. The zero-order chi connectivity index (χ0) is 18.4. The number of H-pyrrole nitrogens is 1. The van der Waals surface area contributed by atoms with Gasteiger partial charge in [0, 0.05) is 48.4 Å². The maximum atomic E-state index is 10.9. The van der Waals surface area contributed by atoms with E-state index in [4.69, 9.17) is 5.11 Å². The third-order valence-corrected chi connectivity index (χ3v) is 6.01. The molecule has 2 saturated carbocycles. The molecule has 27 heavy (non-hydrogen) atoms. The number of aromatic amines is 1. The first-order valence-corrected chi connectivity index (χ1v) is 9.49. The second-order valence-corrected chi connectivity index (χ2v) is 8.03. The molecule has 3 aliphatic rings. The molecule has 0 aromatic carbocycles. The summed E-state index contributed by atoms with van der Waals surface area (Å²) in [5, 5.41) is 22.2. The molecule has 2 aromatic rings. The molecule has 0 radical (unpaired) electrons. The van der Waals surface area contributed by atoms with E-state index < -0.39 is 6.09 Å². The van der Waals surface area contributed by atoms with Crippen molar-refractivity contribution in [2.75, 3.05) is 23.3 Å². The lowest BCUT2D eigenvalue weighted by Gasteiger charge is -2.32. The normalized spacial score (nSPS) is 26.4. The Bertz CT molecular complexity index is 865. The number of aromatic nitrogens is 4. The number of fused-ring (bicyclic) bond motifs is 2. The molecule has 0 spiro atoms. The van der Waals surface area contributed by atoms with E-state index >= 15 is 0 Å². The van der Waals surface area contributed by atoms with Crippen molar-refractivity contribution in [3.8, 4) is 0 Å². The molecule has 1 aliphatic heterocycles. The van der Waals surface area contributed by atoms with E-state index in [1.807, 2.05) is 12.1 Å². The fourth-order valence-corrected chi connectivity index (χ4v) is 4.48. The van der Waals surface area contributed by atoms with Gasteiger partial charge < -0.3 is 20.6 Å². The van der Waals surface area contributed by atoms with Crippen molar-refractivity contribution < 1.29 is 9.90 Å². The quantitative estimate of drug-likeness (QED) is 0.617. The van der Waals surface area contributed by atoms with Gasteiger partial charge in [0.2, 0.25) is 5.95 Å². The summed E-state index contributed by atoms with van der Waals surface area (Å²) in [7, 11) is 0. The second-order valence-electron chi connectivity index (χ2n) is 8.03. The van der Waals surface area contributed by atoms with E-state index in [0.717, 1.165) is 31.6 Å². The van der Waals surface area contributed by atoms with Gasteiger partial charge in [-0.05, 0) is 38.2 Å². The van der Waals surface area contributed by atoms with Gasteiger partial charge in [0.15, 0.2) is 5.82 Å². The van der Waals surface area contributed by atoms with E-state index in [1.54, 1.807) is 6.20 Å². The molecule has 142 valence electrons. The lowest BCUT2D eigenvalue weighted by atomic mass is 9.87. The Morgan fingerprint density at radius 2 is 2.26 bits per heavy atom. The number of rotatable bonds is 6. The van der Waals surface area contributed by atoms with Crippen LogP contribution in [0.1, 0.15) is 43.7 Å². The van der Waals surface area contributed by atoms with Gasteiger partial charge in [0.1, 0.15) is 5.82 Å². The third kappa shape index (κ3) is 3.17. The first kappa shape index (κ1) is 16.3. The highest BCUT2D eigenvalue weighted by Crippen LogP contribution is 2.48. The molecule has 2 bridgehead atoms. The molecule has 2 aromatic heterocycles. The summed E-state index contributed by atoms with van der Waals surface area (Å²) in [6.07, 6.45) is 6.34. The van der Waals surface area contributed by atoms with Crippen molar-refractivity contribution >= 4 is 23.7 Å². The molecule has 2 atom stereocenters. The highest BCUT2D eigenvalue weighted by molar-refractivity contribution is 5.64. The summed E-state index contributed by atoms with van der Waals surface area (Å²) in [6, 6.07) is 4.26. The van der Waals surface area contributed by atoms with Crippen LogP contribution in [0.3, 0.4) is 0 Å². The number of piperidine rings is 1. The fraction of sp³-hybridized carbons (Fsp3) is 0.556. The molecule has 9 nitrogen and oxygen atoms in total. The Balaban J connectivity index is 1.29. The Morgan fingerprint density at radius 3 is 3.07 bits per heavy atom. The molecule has 3 fully saturated rings. The summed E-state index contributed by atoms with van der Waals surface area (Å²) in [6.45, 7) is 1.28. The number of hydrogen-bond donors (Lipinski definition) is 4. The van der Waals surface area contributed by atoms with Crippen LogP contribution in [-0.4, -0.2) is 50.5 Å². The first-order chi connectivity index (χ1) is 13.1. The van der Waals surface area contributed by atoms with E-state index in [1.165, 1.54) is 18.5 Å². The molecular formula is C18H23N7O2. The Morgan fingerprint density at radius 1 is 1.37 bits per heavy atom. The number of anilines is 3. The van der Waals surface area contributed by atoms with Gasteiger partial charge in [-0.25, -0.2) is 9.78 Å². The lowest BCUT2D eigenvalue weighted by molar-refractivity contribution is 0.186. The van der Waals surface area contributed by atoms with Crippen molar-refractivity contribution in [2.24, 2.45) is 5.41 Å². The Hall–Kier alpha value is -2.84. The van der Waals surface area contributed by atoms with Gasteiger partial charge in [-0.15, -0.1) is 0 Å². The van der Waals surface area contributed by atoms with Crippen molar-refractivity contribution in [1.82, 2.24) is 25.5 Å². The van der Waals surface area contributed by atoms with Crippen LogP contribution in [0.4, 0.5) is 22.4 Å². The zero-order valence-corrected chi connectivity index (χ0v) is 15.0. The number of amides is 1. The minimum absolute atomic E-state index is 0.00277. The van der Waals surface area contributed by atoms with Crippen molar-refractivity contribution in [2.45, 2.75) is 44.1 Å². The second kappa shape index (κ2) is 6.11. The van der Waals surface area contributed by atoms with Gasteiger partial charge in [-0.2, -0.15) is 10.1 Å². The van der Waals surface area contributed by atoms with Gasteiger partial charge in [-0.3, -0.25) is 5.10 Å². The van der Waals surface area contributed by atoms with E-state index in [0.29, 0.717) is 30.3 Å². The first-order valence-electron chi connectivity index (χ1n) is 9.49. The van der Waals surface area contributed by atoms with Gasteiger partial charge in [0.05, 0.1) is 0 Å².